The standard InChI is InChI=1S/C16H25N3O/c1-4-7-13-8-6-10-16(11-9-13)14(17)18-15(20)19(16)12(3)5-2/h2,12-13H,4,6-11H2,1,3H3,(H2,17,18,20). The van der Waals surface area contributed by atoms with E-state index in [9.17, 15) is 4.79 Å². The number of carbonyl (C=O) groups is 1. The van der Waals surface area contributed by atoms with Crippen molar-refractivity contribution >= 4 is 11.9 Å². The van der Waals surface area contributed by atoms with Gasteiger partial charge >= 0.3 is 6.03 Å². The highest BCUT2D eigenvalue weighted by Crippen LogP contribution is 2.40. The Labute approximate surface area is 121 Å². The number of amidine groups is 1. The van der Waals surface area contributed by atoms with Gasteiger partial charge in [0.1, 0.15) is 11.4 Å². The molecule has 0 saturated heterocycles. The van der Waals surface area contributed by atoms with Crippen molar-refractivity contribution in [2.45, 2.75) is 70.4 Å². The lowest BCUT2D eigenvalue weighted by atomic mass is 9.86. The molecule has 2 amide bonds. The predicted octanol–water partition coefficient (Wildman–Crippen LogP) is 2.92. The Balaban J connectivity index is 2.24. The topological polar surface area (TPSA) is 58.7 Å². The van der Waals surface area contributed by atoms with E-state index in [2.05, 4.69) is 17.8 Å². The number of rotatable bonds is 3. The van der Waals surface area contributed by atoms with Gasteiger partial charge in [0, 0.05) is 0 Å². The SMILES string of the molecule is C#CC(C)N1C(=O)N=C(N)C12CCCC(CCC)CC2. The zero-order valence-electron chi connectivity index (χ0n) is 12.6. The average Bonchev–Trinajstić information content (AvgIpc) is 2.56. The first-order valence-electron chi connectivity index (χ1n) is 7.69. The zero-order valence-corrected chi connectivity index (χ0v) is 12.6. The van der Waals surface area contributed by atoms with Crippen LogP contribution in [0.2, 0.25) is 0 Å². The van der Waals surface area contributed by atoms with Crippen LogP contribution >= 0.6 is 0 Å². The molecule has 110 valence electrons. The Bertz CT molecular complexity index is 451. The molecule has 0 bridgehead atoms. The van der Waals surface area contributed by atoms with E-state index in [1.807, 2.05) is 6.92 Å². The Morgan fingerprint density at radius 3 is 2.95 bits per heavy atom. The normalized spacial score (nSPS) is 31.9. The quantitative estimate of drug-likeness (QED) is 0.805. The lowest BCUT2D eigenvalue weighted by molar-refractivity contribution is 0.146. The average molecular weight is 275 g/mol. The fraction of sp³-hybridized carbons (Fsp3) is 0.750. The van der Waals surface area contributed by atoms with Crippen molar-refractivity contribution in [3.8, 4) is 12.3 Å². The highest BCUT2D eigenvalue weighted by Gasteiger charge is 2.50. The van der Waals surface area contributed by atoms with E-state index in [0.29, 0.717) is 5.84 Å². The predicted molar refractivity (Wildman–Crippen MR) is 81.4 cm³/mol. The van der Waals surface area contributed by atoms with Crippen LogP contribution in [0.5, 0.6) is 0 Å². The molecular weight excluding hydrogens is 250 g/mol. The maximum atomic E-state index is 12.1. The van der Waals surface area contributed by atoms with Crippen molar-refractivity contribution in [2.24, 2.45) is 16.6 Å². The number of aliphatic imine (C=N–C) groups is 1. The molecule has 3 atom stereocenters. The van der Waals surface area contributed by atoms with Crippen LogP contribution < -0.4 is 5.73 Å². The number of nitrogens with zero attached hydrogens (tertiary/aromatic N) is 2. The van der Waals surface area contributed by atoms with Gasteiger partial charge in [0.15, 0.2) is 0 Å². The zero-order chi connectivity index (χ0) is 14.8. The monoisotopic (exact) mass is 275 g/mol. The highest BCUT2D eigenvalue weighted by atomic mass is 16.2. The third-order valence-electron chi connectivity index (χ3n) is 4.85. The third-order valence-corrected chi connectivity index (χ3v) is 4.85. The van der Waals surface area contributed by atoms with E-state index in [1.54, 1.807) is 4.90 Å². The summed E-state index contributed by atoms with van der Waals surface area (Å²) >= 11 is 0. The fourth-order valence-electron chi connectivity index (χ4n) is 3.77. The van der Waals surface area contributed by atoms with Gasteiger partial charge in [-0.15, -0.1) is 6.42 Å². The molecular formula is C16H25N3O. The molecule has 0 aromatic rings. The van der Waals surface area contributed by atoms with Crippen molar-refractivity contribution in [3.05, 3.63) is 0 Å². The van der Waals surface area contributed by atoms with E-state index in [0.717, 1.165) is 31.6 Å². The molecule has 2 rings (SSSR count). The smallest absolute Gasteiger partial charge is 0.347 e. The fourth-order valence-corrected chi connectivity index (χ4v) is 3.77. The number of urea groups is 1. The summed E-state index contributed by atoms with van der Waals surface area (Å²) in [4.78, 5) is 17.9. The first-order chi connectivity index (χ1) is 9.55. The molecule has 0 aromatic carbocycles. The van der Waals surface area contributed by atoms with Gasteiger partial charge in [-0.25, -0.2) is 4.79 Å². The van der Waals surface area contributed by atoms with Crippen molar-refractivity contribution in [3.63, 3.8) is 0 Å². The minimum atomic E-state index is -0.425. The molecule has 0 aromatic heterocycles. The molecule has 1 spiro atoms. The van der Waals surface area contributed by atoms with Crippen molar-refractivity contribution < 1.29 is 4.79 Å². The summed E-state index contributed by atoms with van der Waals surface area (Å²) in [6.07, 6.45) is 13.2. The molecule has 1 fully saturated rings. The second-order valence-corrected chi connectivity index (χ2v) is 6.11. The van der Waals surface area contributed by atoms with E-state index in [4.69, 9.17) is 12.2 Å². The van der Waals surface area contributed by atoms with Crippen LogP contribution in [0.4, 0.5) is 4.79 Å². The second kappa shape index (κ2) is 5.87. The first-order valence-corrected chi connectivity index (χ1v) is 7.69. The summed E-state index contributed by atoms with van der Waals surface area (Å²) in [6, 6.07) is -0.517. The molecule has 1 aliphatic carbocycles. The van der Waals surface area contributed by atoms with Crippen molar-refractivity contribution in [1.29, 1.82) is 0 Å². The van der Waals surface area contributed by atoms with Crippen molar-refractivity contribution in [1.82, 2.24) is 4.90 Å². The van der Waals surface area contributed by atoms with Crippen molar-refractivity contribution in [2.75, 3.05) is 0 Å². The van der Waals surface area contributed by atoms with Gasteiger partial charge in [0.2, 0.25) is 0 Å². The molecule has 1 aliphatic heterocycles. The molecule has 2 N–H and O–H groups in total. The number of amides is 2. The summed E-state index contributed by atoms with van der Waals surface area (Å²) in [7, 11) is 0. The Kier molecular flexibility index (Phi) is 4.37. The van der Waals surface area contributed by atoms with E-state index < -0.39 is 5.54 Å². The van der Waals surface area contributed by atoms with Crippen LogP contribution in [-0.2, 0) is 0 Å². The lowest BCUT2D eigenvalue weighted by Gasteiger charge is -2.39. The van der Waals surface area contributed by atoms with Crippen LogP contribution in [0.15, 0.2) is 4.99 Å². The van der Waals surface area contributed by atoms with Gasteiger partial charge in [0.25, 0.3) is 0 Å². The summed E-state index contributed by atoms with van der Waals surface area (Å²) in [5.74, 6) is 3.88. The van der Waals surface area contributed by atoms with Crippen LogP contribution in [-0.4, -0.2) is 28.3 Å². The minimum Gasteiger partial charge on any atom is -0.385 e. The van der Waals surface area contributed by atoms with E-state index >= 15 is 0 Å². The maximum absolute atomic E-state index is 12.1. The number of nitrogens with two attached hydrogens (primary N) is 1. The summed E-state index contributed by atoms with van der Waals surface area (Å²) in [6.45, 7) is 4.10. The van der Waals surface area contributed by atoms with Gasteiger partial charge < -0.3 is 5.73 Å². The summed E-state index contributed by atoms with van der Waals surface area (Å²) in [5.41, 5.74) is 5.70. The van der Waals surface area contributed by atoms with E-state index in [1.165, 1.54) is 19.3 Å². The third kappa shape index (κ3) is 2.42. The van der Waals surface area contributed by atoms with Gasteiger partial charge in [-0.2, -0.15) is 4.99 Å². The molecule has 0 radical (unpaired) electrons. The van der Waals surface area contributed by atoms with Gasteiger partial charge in [-0.1, -0.05) is 38.5 Å². The summed E-state index contributed by atoms with van der Waals surface area (Å²) < 4.78 is 0. The van der Waals surface area contributed by atoms with Gasteiger partial charge in [-0.05, 0) is 32.1 Å². The Morgan fingerprint density at radius 2 is 2.30 bits per heavy atom. The molecule has 4 heteroatoms. The highest BCUT2D eigenvalue weighted by molar-refractivity contribution is 6.06. The first kappa shape index (κ1) is 14.9. The van der Waals surface area contributed by atoms with Gasteiger partial charge in [-0.3, -0.25) is 4.90 Å². The molecule has 2 aliphatic rings. The molecule has 20 heavy (non-hydrogen) atoms. The number of hydrogen-bond donors (Lipinski definition) is 1. The molecule has 3 unspecified atom stereocenters. The molecule has 1 heterocycles. The Morgan fingerprint density at radius 1 is 1.55 bits per heavy atom. The maximum Gasteiger partial charge on any atom is 0.347 e. The van der Waals surface area contributed by atoms with Gasteiger partial charge in [0.05, 0.1) is 6.04 Å². The number of hydrogen-bond acceptors (Lipinski definition) is 2. The number of terminal acetylenes is 1. The minimum absolute atomic E-state index is 0.255. The van der Waals surface area contributed by atoms with Crippen LogP contribution in [0, 0.1) is 18.3 Å². The van der Waals surface area contributed by atoms with Crippen LogP contribution in [0.25, 0.3) is 0 Å². The number of carbonyl (C=O) groups excluding carboxylic acids is 1. The largest absolute Gasteiger partial charge is 0.385 e. The Hall–Kier alpha value is -1.50. The second-order valence-electron chi connectivity index (χ2n) is 6.11. The van der Waals surface area contributed by atoms with E-state index in [-0.39, 0.29) is 12.1 Å². The molecule has 1 saturated carbocycles. The van der Waals surface area contributed by atoms with Crippen LogP contribution in [0.1, 0.15) is 58.8 Å². The molecule has 4 nitrogen and oxygen atoms in total. The lowest BCUT2D eigenvalue weighted by Crippen LogP contribution is -2.56. The van der Waals surface area contributed by atoms with Crippen LogP contribution in [0.3, 0.4) is 0 Å². The summed E-state index contributed by atoms with van der Waals surface area (Å²) in [5, 5.41) is 0.